The molecular formula is C26H30N4O3. The lowest BCUT2D eigenvalue weighted by atomic mass is 9.91. The van der Waals surface area contributed by atoms with Crippen molar-refractivity contribution in [2.24, 2.45) is 5.92 Å². The minimum Gasteiger partial charge on any atom is -0.493 e. The van der Waals surface area contributed by atoms with Gasteiger partial charge in [-0.15, -0.1) is 0 Å². The average molecular weight is 447 g/mol. The molecule has 1 N–H and O–H groups in total. The number of urea groups is 1. The van der Waals surface area contributed by atoms with E-state index in [2.05, 4.69) is 46.7 Å². The standard InChI is InChI=1S/C26H30N4O3/c1-18-17-30(26(31)28-25-19(2)20(3)29-33-25)12-9-23(18)14-22-6-4-8-24(15-22)32-13-10-21-7-5-11-27-16-21/h4-8,11,14-16,18H,9-10,12-13,17H2,1-3H3,(H,28,31)/b23-14+. The van der Waals surface area contributed by atoms with Crippen LogP contribution >= 0.6 is 0 Å². The number of pyridine rings is 1. The van der Waals surface area contributed by atoms with Gasteiger partial charge in [-0.25, -0.2) is 4.79 Å². The van der Waals surface area contributed by atoms with E-state index in [-0.39, 0.29) is 11.9 Å². The topological polar surface area (TPSA) is 80.5 Å². The van der Waals surface area contributed by atoms with E-state index in [1.165, 1.54) is 5.57 Å². The lowest BCUT2D eigenvalue weighted by Gasteiger charge is -2.33. The fourth-order valence-electron chi connectivity index (χ4n) is 3.90. The summed E-state index contributed by atoms with van der Waals surface area (Å²) in [4.78, 5) is 18.6. The number of likely N-dealkylation sites (tertiary alicyclic amines) is 1. The number of aromatic nitrogens is 2. The van der Waals surface area contributed by atoms with Crippen molar-refractivity contribution >= 4 is 18.0 Å². The summed E-state index contributed by atoms with van der Waals surface area (Å²) in [5.41, 5.74) is 5.25. The van der Waals surface area contributed by atoms with Crippen molar-refractivity contribution in [3.8, 4) is 5.75 Å². The first-order valence-corrected chi connectivity index (χ1v) is 11.3. The molecule has 1 atom stereocenters. The first-order valence-electron chi connectivity index (χ1n) is 11.3. The second-order valence-electron chi connectivity index (χ2n) is 8.50. The van der Waals surface area contributed by atoms with Crippen LogP contribution in [-0.4, -0.2) is 40.8 Å². The van der Waals surface area contributed by atoms with Crippen LogP contribution in [0.5, 0.6) is 5.75 Å². The van der Waals surface area contributed by atoms with Gasteiger partial charge in [0.05, 0.1) is 12.3 Å². The highest BCUT2D eigenvalue weighted by atomic mass is 16.5. The maximum absolute atomic E-state index is 12.7. The minimum atomic E-state index is -0.149. The van der Waals surface area contributed by atoms with Crippen LogP contribution < -0.4 is 10.1 Å². The fourth-order valence-corrected chi connectivity index (χ4v) is 3.90. The van der Waals surface area contributed by atoms with Crippen LogP contribution in [0.15, 0.2) is 58.9 Å². The van der Waals surface area contributed by atoms with E-state index in [9.17, 15) is 4.79 Å². The smallest absolute Gasteiger partial charge is 0.324 e. The van der Waals surface area contributed by atoms with Gasteiger partial charge in [0, 0.05) is 37.5 Å². The van der Waals surface area contributed by atoms with E-state index in [0.717, 1.165) is 41.0 Å². The molecule has 1 aliphatic heterocycles. The van der Waals surface area contributed by atoms with E-state index >= 15 is 0 Å². The number of ether oxygens (including phenoxy) is 1. The lowest BCUT2D eigenvalue weighted by molar-refractivity contribution is 0.197. The molecule has 1 fully saturated rings. The Balaban J connectivity index is 1.32. The molecule has 4 rings (SSSR count). The van der Waals surface area contributed by atoms with Gasteiger partial charge in [0.1, 0.15) is 5.75 Å². The van der Waals surface area contributed by atoms with Crippen LogP contribution in [0.4, 0.5) is 10.7 Å². The third kappa shape index (κ3) is 5.80. The van der Waals surface area contributed by atoms with Crippen LogP contribution in [-0.2, 0) is 6.42 Å². The summed E-state index contributed by atoms with van der Waals surface area (Å²) in [6, 6.07) is 12.0. The van der Waals surface area contributed by atoms with E-state index in [4.69, 9.17) is 9.26 Å². The van der Waals surface area contributed by atoms with Crippen molar-refractivity contribution in [2.75, 3.05) is 25.0 Å². The molecule has 0 radical (unpaired) electrons. The van der Waals surface area contributed by atoms with Gasteiger partial charge in [-0.05, 0) is 55.5 Å². The largest absolute Gasteiger partial charge is 0.493 e. The van der Waals surface area contributed by atoms with Gasteiger partial charge in [0.15, 0.2) is 0 Å². The number of rotatable bonds is 6. The monoisotopic (exact) mass is 446 g/mol. The summed E-state index contributed by atoms with van der Waals surface area (Å²) >= 11 is 0. The SMILES string of the molecule is Cc1noc(NC(=O)N2CC/C(=C\c3cccc(OCCc4cccnc4)c3)C(C)C2)c1C. The number of benzene rings is 1. The lowest BCUT2D eigenvalue weighted by Crippen LogP contribution is -2.42. The van der Waals surface area contributed by atoms with Gasteiger partial charge < -0.3 is 14.2 Å². The molecule has 0 spiro atoms. The van der Waals surface area contributed by atoms with Gasteiger partial charge in [-0.1, -0.05) is 41.9 Å². The van der Waals surface area contributed by atoms with Gasteiger partial charge >= 0.3 is 6.03 Å². The third-order valence-corrected chi connectivity index (χ3v) is 6.05. The fraction of sp³-hybridized carbons (Fsp3) is 0.346. The molecule has 1 unspecified atom stereocenters. The van der Waals surface area contributed by atoms with Crippen molar-refractivity contribution in [3.63, 3.8) is 0 Å². The van der Waals surface area contributed by atoms with Crippen LogP contribution in [0.3, 0.4) is 0 Å². The number of hydrogen-bond acceptors (Lipinski definition) is 5. The third-order valence-electron chi connectivity index (χ3n) is 6.05. The normalized spacial score (nSPS) is 17.2. The number of anilines is 1. The van der Waals surface area contributed by atoms with Crippen molar-refractivity contribution in [1.29, 1.82) is 0 Å². The Morgan fingerprint density at radius 1 is 1.30 bits per heavy atom. The molecule has 33 heavy (non-hydrogen) atoms. The molecule has 7 nitrogen and oxygen atoms in total. The Hall–Kier alpha value is -3.61. The van der Waals surface area contributed by atoms with Crippen LogP contribution in [0.25, 0.3) is 6.08 Å². The van der Waals surface area contributed by atoms with Gasteiger partial charge in [0.2, 0.25) is 5.88 Å². The maximum atomic E-state index is 12.7. The zero-order chi connectivity index (χ0) is 23.2. The molecule has 7 heteroatoms. The highest BCUT2D eigenvalue weighted by Gasteiger charge is 2.25. The summed E-state index contributed by atoms with van der Waals surface area (Å²) in [6.45, 7) is 7.83. The second kappa shape index (κ2) is 10.3. The minimum absolute atomic E-state index is 0.149. The Bertz CT molecular complexity index is 1120. The molecule has 1 aliphatic rings. The molecule has 0 saturated carbocycles. The summed E-state index contributed by atoms with van der Waals surface area (Å²) in [5.74, 6) is 1.54. The van der Waals surface area contributed by atoms with Crippen molar-refractivity contribution < 1.29 is 14.1 Å². The molecule has 172 valence electrons. The number of carbonyl (C=O) groups excluding carboxylic acids is 1. The molecule has 0 bridgehead atoms. The first kappa shape index (κ1) is 22.6. The molecule has 0 aliphatic carbocycles. The number of carbonyl (C=O) groups is 1. The second-order valence-corrected chi connectivity index (χ2v) is 8.50. The van der Waals surface area contributed by atoms with E-state index < -0.39 is 0 Å². The zero-order valence-corrected chi connectivity index (χ0v) is 19.4. The zero-order valence-electron chi connectivity index (χ0n) is 19.4. The van der Waals surface area contributed by atoms with Gasteiger partial charge in [0.25, 0.3) is 0 Å². The van der Waals surface area contributed by atoms with Crippen molar-refractivity contribution in [1.82, 2.24) is 15.0 Å². The Labute approximate surface area is 194 Å². The van der Waals surface area contributed by atoms with Crippen molar-refractivity contribution in [3.05, 3.63) is 76.7 Å². The number of aryl methyl sites for hydroxylation is 1. The Morgan fingerprint density at radius 3 is 2.91 bits per heavy atom. The van der Waals surface area contributed by atoms with Gasteiger partial charge in [-0.3, -0.25) is 10.3 Å². The number of piperidine rings is 1. The quantitative estimate of drug-likeness (QED) is 0.558. The number of nitrogens with one attached hydrogen (secondary N) is 1. The van der Waals surface area contributed by atoms with Crippen LogP contribution in [0.1, 0.15) is 35.7 Å². The first-order chi connectivity index (χ1) is 16.0. The number of amides is 2. The van der Waals surface area contributed by atoms with E-state index in [0.29, 0.717) is 25.6 Å². The molecule has 3 aromatic rings. The summed E-state index contributed by atoms with van der Waals surface area (Å²) in [6.07, 6.45) is 7.51. The van der Waals surface area contributed by atoms with E-state index in [1.807, 2.05) is 43.1 Å². The van der Waals surface area contributed by atoms with Crippen LogP contribution in [0.2, 0.25) is 0 Å². The molecule has 2 aromatic heterocycles. The van der Waals surface area contributed by atoms with E-state index in [1.54, 1.807) is 6.20 Å². The van der Waals surface area contributed by atoms with Crippen LogP contribution in [0, 0.1) is 19.8 Å². The Kier molecular flexibility index (Phi) is 7.07. The average Bonchev–Trinajstić information content (AvgIpc) is 3.13. The highest BCUT2D eigenvalue weighted by Crippen LogP contribution is 2.27. The summed E-state index contributed by atoms with van der Waals surface area (Å²) < 4.78 is 11.2. The predicted octanol–water partition coefficient (Wildman–Crippen LogP) is 5.27. The number of hydrogen-bond donors (Lipinski definition) is 1. The molecular weight excluding hydrogens is 416 g/mol. The van der Waals surface area contributed by atoms with Crippen molar-refractivity contribution in [2.45, 2.75) is 33.6 Å². The number of nitrogens with zero attached hydrogens (tertiary/aromatic N) is 3. The molecule has 1 aromatic carbocycles. The summed E-state index contributed by atoms with van der Waals surface area (Å²) in [5, 5.41) is 6.74. The maximum Gasteiger partial charge on any atom is 0.324 e. The summed E-state index contributed by atoms with van der Waals surface area (Å²) in [7, 11) is 0. The predicted molar refractivity (Wildman–Crippen MR) is 128 cm³/mol. The molecule has 2 amide bonds. The molecule has 1 saturated heterocycles. The Morgan fingerprint density at radius 2 is 2.18 bits per heavy atom. The molecule has 3 heterocycles. The van der Waals surface area contributed by atoms with Gasteiger partial charge in [-0.2, -0.15) is 0 Å². The highest BCUT2D eigenvalue weighted by molar-refractivity contribution is 5.88.